The molecule has 2 heterocycles. The second-order valence-electron chi connectivity index (χ2n) is 9.92. The first kappa shape index (κ1) is 26.9. The molecular formula is C28H41N3O4. The van der Waals surface area contributed by atoms with Crippen LogP contribution in [0.15, 0.2) is 18.2 Å². The molecule has 0 aromatic heterocycles. The number of carbonyl (C=O) groups is 4. The lowest BCUT2D eigenvalue weighted by Crippen LogP contribution is -2.52. The molecule has 7 heteroatoms. The van der Waals surface area contributed by atoms with Gasteiger partial charge in [-0.1, -0.05) is 83.6 Å². The van der Waals surface area contributed by atoms with Gasteiger partial charge in [-0.25, -0.2) is 0 Å². The van der Waals surface area contributed by atoms with E-state index in [4.69, 9.17) is 0 Å². The van der Waals surface area contributed by atoms with Crippen LogP contribution in [0.5, 0.6) is 0 Å². The van der Waals surface area contributed by atoms with Crippen LogP contribution in [0.4, 0.5) is 5.69 Å². The van der Waals surface area contributed by atoms with Gasteiger partial charge in [-0.2, -0.15) is 0 Å². The molecule has 2 N–H and O–H groups in total. The van der Waals surface area contributed by atoms with Crippen molar-refractivity contribution in [2.75, 3.05) is 5.32 Å². The second-order valence-corrected chi connectivity index (χ2v) is 9.92. The number of fused-ring (bicyclic) bond motifs is 1. The molecule has 1 unspecified atom stereocenters. The van der Waals surface area contributed by atoms with Gasteiger partial charge in [-0.15, -0.1) is 0 Å². The molecule has 0 bridgehead atoms. The number of anilines is 1. The Morgan fingerprint density at radius 3 is 2.20 bits per heavy atom. The molecule has 192 valence electrons. The van der Waals surface area contributed by atoms with E-state index in [1.807, 2.05) is 0 Å². The number of amides is 4. The lowest BCUT2D eigenvalue weighted by molar-refractivity contribution is -0.137. The molecule has 1 atom stereocenters. The Hall–Kier alpha value is -2.70. The number of hydrogen-bond donors (Lipinski definition) is 2. The van der Waals surface area contributed by atoms with Crippen molar-refractivity contribution in [3.8, 4) is 0 Å². The fourth-order valence-electron chi connectivity index (χ4n) is 5.04. The predicted molar refractivity (Wildman–Crippen MR) is 137 cm³/mol. The van der Waals surface area contributed by atoms with Crippen LogP contribution in [0, 0.1) is 0 Å². The normalized spacial score (nSPS) is 17.5. The van der Waals surface area contributed by atoms with Crippen LogP contribution >= 0.6 is 0 Å². The highest BCUT2D eigenvalue weighted by Crippen LogP contribution is 2.32. The summed E-state index contributed by atoms with van der Waals surface area (Å²) in [5.41, 5.74) is 1.89. The van der Waals surface area contributed by atoms with Crippen molar-refractivity contribution < 1.29 is 19.2 Å². The van der Waals surface area contributed by atoms with E-state index >= 15 is 0 Å². The molecule has 7 nitrogen and oxygen atoms in total. The van der Waals surface area contributed by atoms with Gasteiger partial charge in [0.05, 0.1) is 0 Å². The monoisotopic (exact) mass is 483 g/mol. The molecule has 1 aromatic carbocycles. The Kier molecular flexibility index (Phi) is 10.8. The summed E-state index contributed by atoms with van der Waals surface area (Å²) in [7, 11) is 0. The fourth-order valence-corrected chi connectivity index (χ4v) is 5.04. The van der Waals surface area contributed by atoms with Crippen LogP contribution < -0.4 is 10.6 Å². The number of piperidine rings is 1. The number of nitrogens with one attached hydrogen (secondary N) is 2. The summed E-state index contributed by atoms with van der Waals surface area (Å²) in [5, 5.41) is 5.29. The molecule has 1 fully saturated rings. The zero-order valence-electron chi connectivity index (χ0n) is 21.2. The van der Waals surface area contributed by atoms with Gasteiger partial charge in [0.1, 0.15) is 6.04 Å². The van der Waals surface area contributed by atoms with Gasteiger partial charge >= 0.3 is 0 Å². The van der Waals surface area contributed by atoms with Crippen LogP contribution in [0.3, 0.4) is 0 Å². The Bertz CT molecular complexity index is 898. The first-order valence-electron chi connectivity index (χ1n) is 13.6. The predicted octanol–water partition coefficient (Wildman–Crippen LogP) is 5.48. The van der Waals surface area contributed by atoms with Crippen molar-refractivity contribution in [2.24, 2.45) is 0 Å². The summed E-state index contributed by atoms with van der Waals surface area (Å²) >= 11 is 0. The summed E-state index contributed by atoms with van der Waals surface area (Å²) in [6, 6.07) is 4.63. The smallest absolute Gasteiger partial charge is 0.255 e. The van der Waals surface area contributed by atoms with E-state index in [9.17, 15) is 19.2 Å². The van der Waals surface area contributed by atoms with E-state index in [1.165, 1.54) is 69.1 Å². The first-order chi connectivity index (χ1) is 17.0. The van der Waals surface area contributed by atoms with Crippen molar-refractivity contribution in [3.05, 3.63) is 29.3 Å². The highest BCUT2D eigenvalue weighted by molar-refractivity contribution is 6.06. The zero-order chi connectivity index (χ0) is 25.0. The average Bonchev–Trinajstić information content (AvgIpc) is 3.17. The number of unbranched alkanes of at least 4 members (excludes halogenated alkanes) is 11. The van der Waals surface area contributed by atoms with Crippen molar-refractivity contribution in [2.45, 2.75) is 116 Å². The maximum Gasteiger partial charge on any atom is 0.255 e. The van der Waals surface area contributed by atoms with E-state index in [0.717, 1.165) is 18.4 Å². The lowest BCUT2D eigenvalue weighted by Gasteiger charge is -2.29. The van der Waals surface area contributed by atoms with Gasteiger partial charge in [0, 0.05) is 36.2 Å². The van der Waals surface area contributed by atoms with Gasteiger partial charge in [0.25, 0.3) is 5.91 Å². The molecule has 0 aliphatic carbocycles. The van der Waals surface area contributed by atoms with Crippen LogP contribution in [-0.4, -0.2) is 34.6 Å². The van der Waals surface area contributed by atoms with Crippen LogP contribution in [0.2, 0.25) is 0 Å². The van der Waals surface area contributed by atoms with Crippen molar-refractivity contribution in [1.82, 2.24) is 10.2 Å². The number of benzene rings is 1. The Labute approximate surface area is 209 Å². The summed E-state index contributed by atoms with van der Waals surface area (Å²) in [4.78, 5) is 50.7. The van der Waals surface area contributed by atoms with Gasteiger partial charge in [-0.05, 0) is 25.0 Å². The van der Waals surface area contributed by atoms with Crippen LogP contribution in [-0.2, 0) is 20.9 Å². The molecule has 0 spiro atoms. The Morgan fingerprint density at radius 2 is 1.57 bits per heavy atom. The van der Waals surface area contributed by atoms with Gasteiger partial charge < -0.3 is 10.2 Å². The maximum atomic E-state index is 12.9. The standard InChI is InChI=1S/C28H41N3O4/c1-2-3-4-5-6-7-8-9-10-11-12-13-17-25(32)29-23-16-14-15-21-22(23)20-31(28(21)35)24-18-19-26(33)30-27(24)34/h14-16,24H,2-13,17-20H2,1H3,(H,29,32)(H,30,33,34). The lowest BCUT2D eigenvalue weighted by atomic mass is 10.0. The first-order valence-corrected chi connectivity index (χ1v) is 13.6. The fraction of sp³-hybridized carbons (Fsp3) is 0.643. The third-order valence-electron chi connectivity index (χ3n) is 7.11. The molecular weight excluding hydrogens is 442 g/mol. The van der Waals surface area contributed by atoms with E-state index < -0.39 is 11.9 Å². The summed E-state index contributed by atoms with van der Waals surface area (Å²) < 4.78 is 0. The molecule has 2 aliphatic rings. The summed E-state index contributed by atoms with van der Waals surface area (Å²) in [5.74, 6) is -1.01. The molecule has 0 radical (unpaired) electrons. The van der Waals surface area contributed by atoms with E-state index in [-0.39, 0.29) is 30.7 Å². The highest BCUT2D eigenvalue weighted by atomic mass is 16.2. The molecule has 2 aliphatic heterocycles. The van der Waals surface area contributed by atoms with Crippen molar-refractivity contribution >= 4 is 29.3 Å². The minimum atomic E-state index is -0.655. The van der Waals surface area contributed by atoms with Crippen molar-refractivity contribution in [3.63, 3.8) is 0 Å². The molecule has 1 saturated heterocycles. The Morgan fingerprint density at radius 1 is 0.943 bits per heavy atom. The number of hydrogen-bond acceptors (Lipinski definition) is 4. The maximum absolute atomic E-state index is 12.9. The number of nitrogens with zero attached hydrogens (tertiary/aromatic N) is 1. The third kappa shape index (κ3) is 7.91. The van der Waals surface area contributed by atoms with Gasteiger partial charge in [-0.3, -0.25) is 24.5 Å². The molecule has 3 rings (SSSR count). The molecule has 1 aromatic rings. The van der Waals surface area contributed by atoms with E-state index in [2.05, 4.69) is 17.6 Å². The second kappa shape index (κ2) is 14.0. The van der Waals surface area contributed by atoms with Crippen molar-refractivity contribution in [1.29, 1.82) is 0 Å². The zero-order valence-corrected chi connectivity index (χ0v) is 21.2. The minimum absolute atomic E-state index is 0.0441. The number of carbonyl (C=O) groups excluding carboxylic acids is 4. The van der Waals surface area contributed by atoms with Crippen LogP contribution in [0.1, 0.15) is 119 Å². The average molecular weight is 484 g/mol. The third-order valence-corrected chi connectivity index (χ3v) is 7.11. The summed E-state index contributed by atoms with van der Waals surface area (Å²) in [6.07, 6.45) is 16.0. The number of imide groups is 1. The quantitative estimate of drug-likeness (QED) is 0.255. The minimum Gasteiger partial charge on any atom is -0.326 e. The van der Waals surface area contributed by atoms with E-state index in [1.54, 1.807) is 18.2 Å². The molecule has 0 saturated carbocycles. The number of rotatable bonds is 15. The SMILES string of the molecule is CCCCCCCCCCCCCCC(=O)Nc1cccc2c1CN(C1CCC(=O)NC1=O)C2=O. The van der Waals surface area contributed by atoms with Gasteiger partial charge in [0.2, 0.25) is 17.7 Å². The summed E-state index contributed by atoms with van der Waals surface area (Å²) in [6.45, 7) is 2.51. The Balaban J connectivity index is 1.35. The highest BCUT2D eigenvalue weighted by Gasteiger charge is 2.39. The topological polar surface area (TPSA) is 95.6 Å². The molecule has 4 amide bonds. The molecule has 35 heavy (non-hydrogen) atoms. The van der Waals surface area contributed by atoms with E-state index in [0.29, 0.717) is 24.1 Å². The van der Waals surface area contributed by atoms with Gasteiger partial charge in [0.15, 0.2) is 0 Å². The van der Waals surface area contributed by atoms with Crippen LogP contribution in [0.25, 0.3) is 0 Å². The largest absolute Gasteiger partial charge is 0.326 e.